The van der Waals surface area contributed by atoms with Crippen molar-refractivity contribution in [3.63, 3.8) is 0 Å². The number of rotatable bonds is 59. The molecular formula is C79H143N3O32. The molecule has 0 spiro atoms. The number of nitrogens with one attached hydrogen (secondary N) is 3. The Morgan fingerprint density at radius 3 is 1.33 bits per heavy atom. The molecule has 21 N–H and O–H groups in total. The van der Waals surface area contributed by atoms with Crippen LogP contribution in [0.3, 0.4) is 0 Å². The minimum atomic E-state index is -3.27. The fourth-order valence-electron chi connectivity index (χ4n) is 15.4. The molecule has 666 valence electrons. The van der Waals surface area contributed by atoms with Crippen LogP contribution >= 0.6 is 0 Å². The Balaban J connectivity index is 1.21. The number of carboxylic acids is 1. The lowest BCUT2D eigenvalue weighted by Gasteiger charge is -2.51. The number of carboxylic acid groups (broad SMARTS) is 1. The van der Waals surface area contributed by atoms with Crippen LogP contribution in [-0.4, -0.2) is 333 Å². The molecule has 0 radical (unpaired) electrons. The van der Waals surface area contributed by atoms with Crippen LogP contribution in [0.15, 0.2) is 12.2 Å². The summed E-state index contributed by atoms with van der Waals surface area (Å²) in [6, 6.07) is -4.77. The van der Waals surface area contributed by atoms with E-state index < -0.39 is 242 Å². The molecule has 35 heteroatoms. The van der Waals surface area contributed by atoms with E-state index in [4.69, 9.17) is 47.4 Å². The number of carbonyl (C=O) groups is 4. The molecule has 0 saturated carbocycles. The van der Waals surface area contributed by atoms with Gasteiger partial charge in [0.05, 0.1) is 63.9 Å². The molecule has 0 aromatic rings. The molecule has 0 aliphatic carbocycles. The Morgan fingerprint density at radius 1 is 0.465 bits per heavy atom. The summed E-state index contributed by atoms with van der Waals surface area (Å²) in [5.74, 6) is -7.83. The number of unbranched alkanes of at least 4 members (excludes halogenated alkanes) is 31. The lowest BCUT2D eigenvalue weighted by molar-refractivity contribution is -0.389. The van der Waals surface area contributed by atoms with Crippen molar-refractivity contribution in [2.24, 2.45) is 0 Å². The van der Waals surface area contributed by atoms with Crippen LogP contribution in [0.25, 0.3) is 0 Å². The number of carbonyl (C=O) groups excluding carboxylic acids is 3. The van der Waals surface area contributed by atoms with Crippen molar-refractivity contribution < 1.29 is 158 Å². The molecule has 10 unspecified atom stereocenters. The highest BCUT2D eigenvalue weighted by atomic mass is 16.8. The number of aliphatic carboxylic acids is 1. The Labute approximate surface area is 670 Å². The molecule has 5 rings (SSSR count). The Morgan fingerprint density at radius 2 is 0.877 bits per heavy atom. The number of amides is 3. The quantitative estimate of drug-likeness (QED) is 0.0287. The standard InChI is InChI=1S/C79H143N3O32/c1-4-6-8-10-12-14-16-18-19-20-21-22-23-24-25-27-29-31-33-35-37-39-57(93)81-49(50(90)38-36-34-32-30-28-26-17-15-13-11-9-7-5-2)47-105-75-66(100)64(98)70(55(44-86)108-75)111-76-67(101)65(99)69(56(45-87)109-76)110-74-60(80-48(3)89)71(62(96)53(42-84)106-74)112-77-68(102)73(63(97)54(43-85)107-77)114-79(78(103)104)40-51(91)59(82-58(94)46-88)72(113-79)61(95)52(92)41-83/h36,38,49-56,59-77,83-88,90-92,95-102H,4-35,37,39-47H2,1-3H3,(H,80,89)(H,81,93)(H,82,94)(H,103,104)/b38-36+/t49-,50+,51?,52+,53?,54?,55?,56?,59+,60?,61+,62-,63-,64+,65+,66?,67?,68?,69-,70+,71+,72?,73-,74-,75+,76-,77-,79-/m0/s1. The van der Waals surface area contributed by atoms with E-state index in [0.717, 1.165) is 58.3 Å². The molecule has 5 aliphatic rings. The number of aliphatic hydroxyl groups excluding tert-OH is 17. The summed E-state index contributed by atoms with van der Waals surface area (Å²) in [6.45, 7) is -1.63. The molecule has 5 saturated heterocycles. The van der Waals surface area contributed by atoms with Gasteiger partial charge in [-0.1, -0.05) is 219 Å². The SMILES string of the molecule is CCCCCCCCCCCCC/C=C/[C@@H](O)[C@H](CO[C@@H]1OC(CO)[C@@H](O[C@@H]2OC(CO)[C@H](O[C@@H]3OC(CO)[C@H](O)[C@H](O[C@@H]4OC(CO)[C@H](O)[C@H](O[C@]5(C(=O)O)CC(O)[C@@H](NC(=O)CO)C([C@H](O)[C@H](O)CO)O5)C4O)C3NC(C)=O)[C@H](O)C2O)[C@H](O)C1O)NC(=O)CCCCCCCCCCCCCCCCCCCCCCC. The van der Waals surface area contributed by atoms with E-state index in [0.29, 0.717) is 12.8 Å². The molecule has 0 aromatic carbocycles. The molecule has 28 atom stereocenters. The van der Waals surface area contributed by atoms with Gasteiger partial charge in [0.15, 0.2) is 25.2 Å². The fourth-order valence-corrected chi connectivity index (χ4v) is 15.4. The van der Waals surface area contributed by atoms with Gasteiger partial charge in [-0.2, -0.15) is 0 Å². The van der Waals surface area contributed by atoms with Crippen LogP contribution in [-0.2, 0) is 66.5 Å². The van der Waals surface area contributed by atoms with Crippen LogP contribution in [0, 0.1) is 0 Å². The maximum absolute atomic E-state index is 13.6. The predicted octanol–water partition coefficient (Wildman–Crippen LogP) is 0.271. The Hall–Kier alpha value is -3.46. The molecule has 5 aliphatic heterocycles. The lowest BCUT2D eigenvalue weighted by atomic mass is 9.88. The van der Waals surface area contributed by atoms with Gasteiger partial charge < -0.3 is 155 Å². The summed E-state index contributed by atoms with van der Waals surface area (Å²) in [6.07, 6.45) is -7.04. The van der Waals surface area contributed by atoms with Crippen LogP contribution in [0.4, 0.5) is 0 Å². The second-order valence-electron chi connectivity index (χ2n) is 31.4. The summed E-state index contributed by atoms with van der Waals surface area (Å²) in [7, 11) is 0. The molecule has 0 bridgehead atoms. The minimum absolute atomic E-state index is 0.174. The first-order valence-corrected chi connectivity index (χ1v) is 42.3. The number of allylic oxidation sites excluding steroid dienone is 1. The average Bonchev–Trinajstić information content (AvgIpc) is 0.768. The normalized spacial score (nSPS) is 33.2. The van der Waals surface area contributed by atoms with Gasteiger partial charge in [0, 0.05) is 19.8 Å². The highest BCUT2D eigenvalue weighted by Gasteiger charge is 2.61. The molecule has 114 heavy (non-hydrogen) atoms. The Kier molecular flexibility index (Phi) is 49.2. The highest BCUT2D eigenvalue weighted by Crippen LogP contribution is 2.40. The van der Waals surface area contributed by atoms with Crippen LogP contribution in [0.2, 0.25) is 0 Å². The van der Waals surface area contributed by atoms with Crippen LogP contribution < -0.4 is 16.0 Å². The zero-order chi connectivity index (χ0) is 83.7. The first kappa shape index (κ1) is 101. The van der Waals surface area contributed by atoms with Crippen LogP contribution in [0.5, 0.6) is 0 Å². The average molecular weight is 1650 g/mol. The van der Waals surface area contributed by atoms with Crippen LogP contribution in [0.1, 0.15) is 245 Å². The summed E-state index contributed by atoms with van der Waals surface area (Å²) < 4.78 is 58.9. The summed E-state index contributed by atoms with van der Waals surface area (Å²) >= 11 is 0. The van der Waals surface area contributed by atoms with E-state index in [-0.39, 0.29) is 12.3 Å². The van der Waals surface area contributed by atoms with E-state index in [1.165, 1.54) is 148 Å². The summed E-state index contributed by atoms with van der Waals surface area (Å²) in [5, 5.41) is 206. The molecular weight excluding hydrogens is 1500 g/mol. The fraction of sp³-hybridized carbons (Fsp3) is 0.924. The monoisotopic (exact) mass is 1650 g/mol. The topological polar surface area (TPSA) is 561 Å². The van der Waals surface area contributed by atoms with E-state index in [9.17, 15) is 111 Å². The highest BCUT2D eigenvalue weighted by molar-refractivity contribution is 5.78. The third kappa shape index (κ3) is 32.5. The van der Waals surface area contributed by atoms with Crippen molar-refractivity contribution in [3.05, 3.63) is 12.2 Å². The van der Waals surface area contributed by atoms with Gasteiger partial charge in [0.1, 0.15) is 123 Å². The molecule has 35 nitrogen and oxygen atoms in total. The Bertz CT molecular complexity index is 2630. The van der Waals surface area contributed by atoms with Gasteiger partial charge in [0.2, 0.25) is 17.7 Å². The maximum Gasteiger partial charge on any atom is 0.364 e. The van der Waals surface area contributed by atoms with Crippen molar-refractivity contribution in [2.75, 3.05) is 46.2 Å². The minimum Gasteiger partial charge on any atom is -0.477 e. The van der Waals surface area contributed by atoms with Gasteiger partial charge in [-0.05, 0) is 19.3 Å². The van der Waals surface area contributed by atoms with E-state index >= 15 is 0 Å². The van der Waals surface area contributed by atoms with Gasteiger partial charge >= 0.3 is 5.97 Å². The van der Waals surface area contributed by atoms with Gasteiger partial charge in [-0.25, -0.2) is 4.79 Å². The summed E-state index contributed by atoms with van der Waals surface area (Å²) in [4.78, 5) is 52.1. The number of hydrogen-bond acceptors (Lipinski definition) is 31. The van der Waals surface area contributed by atoms with Gasteiger partial charge in [-0.3, -0.25) is 14.4 Å². The zero-order valence-corrected chi connectivity index (χ0v) is 67.2. The number of hydrogen-bond donors (Lipinski definition) is 21. The molecule has 3 amide bonds. The van der Waals surface area contributed by atoms with E-state index in [1.54, 1.807) is 6.08 Å². The van der Waals surface area contributed by atoms with Gasteiger partial charge in [0.25, 0.3) is 5.79 Å². The van der Waals surface area contributed by atoms with Gasteiger partial charge in [-0.15, -0.1) is 0 Å². The molecule has 5 heterocycles. The lowest BCUT2D eigenvalue weighted by Crippen LogP contribution is -2.71. The molecule has 5 fully saturated rings. The van der Waals surface area contributed by atoms with Crippen molar-refractivity contribution in [1.82, 2.24) is 16.0 Å². The van der Waals surface area contributed by atoms with Crippen molar-refractivity contribution in [2.45, 2.75) is 417 Å². The van der Waals surface area contributed by atoms with Crippen molar-refractivity contribution in [1.29, 1.82) is 0 Å². The zero-order valence-electron chi connectivity index (χ0n) is 67.2. The molecule has 0 aromatic heterocycles. The first-order valence-electron chi connectivity index (χ1n) is 42.3. The first-order chi connectivity index (χ1) is 54.8. The second-order valence-corrected chi connectivity index (χ2v) is 31.4. The largest absolute Gasteiger partial charge is 0.477 e. The maximum atomic E-state index is 13.6. The number of aliphatic hydroxyl groups is 17. The smallest absolute Gasteiger partial charge is 0.364 e. The third-order valence-corrected chi connectivity index (χ3v) is 22.2. The van der Waals surface area contributed by atoms with Crippen molar-refractivity contribution in [3.8, 4) is 0 Å². The third-order valence-electron chi connectivity index (χ3n) is 22.2. The second kappa shape index (κ2) is 55.5. The van der Waals surface area contributed by atoms with E-state index in [1.807, 2.05) is 6.08 Å². The summed E-state index contributed by atoms with van der Waals surface area (Å²) in [5.41, 5.74) is 0. The number of ether oxygens (including phenoxy) is 10. The van der Waals surface area contributed by atoms with E-state index in [2.05, 4.69) is 29.8 Å². The predicted molar refractivity (Wildman–Crippen MR) is 407 cm³/mol. The van der Waals surface area contributed by atoms with Crippen molar-refractivity contribution >= 4 is 23.7 Å².